The van der Waals surface area contributed by atoms with E-state index in [1.54, 1.807) is 6.26 Å². The van der Waals surface area contributed by atoms with Crippen molar-refractivity contribution in [1.82, 2.24) is 0 Å². The second-order valence-corrected chi connectivity index (χ2v) is 6.18. The Morgan fingerprint density at radius 1 is 1.00 bits per heavy atom. The van der Waals surface area contributed by atoms with E-state index in [0.29, 0.717) is 0 Å². The SMILES string of the molecule is Clc1ccc([C@H]2Oc3ccccc3C[NH+]2Cc2ccco2)cc1. The number of hydrogen-bond donors (Lipinski definition) is 1. The van der Waals surface area contributed by atoms with Crippen LogP contribution in [0.1, 0.15) is 23.1 Å². The van der Waals surface area contributed by atoms with E-state index in [0.717, 1.165) is 35.2 Å². The van der Waals surface area contributed by atoms with Gasteiger partial charge in [-0.1, -0.05) is 23.7 Å². The Labute approximate surface area is 140 Å². The number of rotatable bonds is 3. The number of nitrogens with one attached hydrogen (secondary N) is 1. The van der Waals surface area contributed by atoms with Crippen LogP contribution in [0.4, 0.5) is 0 Å². The van der Waals surface area contributed by atoms with Gasteiger partial charge in [-0.25, -0.2) is 0 Å². The van der Waals surface area contributed by atoms with E-state index >= 15 is 0 Å². The van der Waals surface area contributed by atoms with Crippen LogP contribution in [0.3, 0.4) is 0 Å². The summed E-state index contributed by atoms with van der Waals surface area (Å²) >= 11 is 6.02. The van der Waals surface area contributed by atoms with Gasteiger partial charge in [0.2, 0.25) is 0 Å². The molecule has 1 unspecified atom stereocenters. The number of furan rings is 1. The Kier molecular flexibility index (Phi) is 3.82. The zero-order valence-corrected chi connectivity index (χ0v) is 13.3. The van der Waals surface area contributed by atoms with Gasteiger partial charge in [-0.05, 0) is 48.5 Å². The Morgan fingerprint density at radius 2 is 1.83 bits per heavy atom. The molecule has 0 amide bonds. The smallest absolute Gasteiger partial charge is 0.259 e. The fourth-order valence-corrected chi connectivity index (χ4v) is 3.17. The van der Waals surface area contributed by atoms with Crippen LogP contribution in [0.25, 0.3) is 0 Å². The Bertz CT molecular complexity index is 783. The van der Waals surface area contributed by atoms with E-state index in [4.69, 9.17) is 20.8 Å². The normalized spacial score (nSPS) is 19.9. The summed E-state index contributed by atoms with van der Waals surface area (Å²) in [5, 5.41) is 0.734. The summed E-state index contributed by atoms with van der Waals surface area (Å²) < 4.78 is 11.8. The van der Waals surface area contributed by atoms with Crippen LogP contribution in [0, 0.1) is 0 Å². The fourth-order valence-electron chi connectivity index (χ4n) is 3.05. The molecular formula is C19H17ClNO2+. The van der Waals surface area contributed by atoms with Crippen LogP contribution in [0.15, 0.2) is 71.3 Å². The van der Waals surface area contributed by atoms with Gasteiger partial charge < -0.3 is 9.15 Å². The monoisotopic (exact) mass is 326 g/mol. The molecule has 4 rings (SSSR count). The molecule has 0 saturated carbocycles. The summed E-state index contributed by atoms with van der Waals surface area (Å²) in [5.41, 5.74) is 2.34. The first kappa shape index (κ1) is 14.4. The second-order valence-electron chi connectivity index (χ2n) is 5.75. The molecule has 0 fully saturated rings. The number of halogens is 1. The molecule has 2 heterocycles. The molecule has 1 N–H and O–H groups in total. The van der Waals surface area contributed by atoms with Gasteiger partial charge in [-0.2, -0.15) is 0 Å². The molecule has 3 nitrogen and oxygen atoms in total. The summed E-state index contributed by atoms with van der Waals surface area (Å²) in [6.07, 6.45) is 1.64. The van der Waals surface area contributed by atoms with E-state index < -0.39 is 0 Å². The first-order valence-electron chi connectivity index (χ1n) is 7.66. The molecule has 0 saturated heterocycles. The summed E-state index contributed by atoms with van der Waals surface area (Å²) in [7, 11) is 0. The molecule has 0 spiro atoms. The van der Waals surface area contributed by atoms with Gasteiger partial charge in [0.25, 0.3) is 6.23 Å². The first-order chi connectivity index (χ1) is 11.3. The molecule has 4 heteroatoms. The highest BCUT2D eigenvalue weighted by Gasteiger charge is 2.32. The van der Waals surface area contributed by atoms with E-state index in [9.17, 15) is 0 Å². The molecule has 0 bridgehead atoms. The topological polar surface area (TPSA) is 26.8 Å². The molecule has 116 valence electrons. The minimum atomic E-state index is -0.0766. The lowest BCUT2D eigenvalue weighted by Gasteiger charge is -2.33. The lowest BCUT2D eigenvalue weighted by Crippen LogP contribution is -3.11. The predicted molar refractivity (Wildman–Crippen MR) is 88.3 cm³/mol. The maximum absolute atomic E-state index is 6.30. The minimum absolute atomic E-state index is 0.0766. The zero-order chi connectivity index (χ0) is 15.6. The van der Waals surface area contributed by atoms with Crippen LogP contribution in [0.5, 0.6) is 5.75 Å². The van der Waals surface area contributed by atoms with Crippen molar-refractivity contribution in [3.05, 3.63) is 88.8 Å². The largest absolute Gasteiger partial charge is 0.463 e. The Morgan fingerprint density at radius 3 is 2.61 bits per heavy atom. The molecule has 0 aliphatic carbocycles. The van der Waals surface area contributed by atoms with Crippen molar-refractivity contribution in [3.63, 3.8) is 0 Å². The molecule has 0 radical (unpaired) electrons. The average molecular weight is 327 g/mol. The standard InChI is InChI=1S/C19H16ClNO2/c20-16-9-7-14(8-10-16)19-21(13-17-5-3-11-22-17)12-15-4-1-2-6-18(15)23-19/h1-11,19H,12-13H2/p+1/t19-/m1/s1. The minimum Gasteiger partial charge on any atom is -0.463 e. The lowest BCUT2D eigenvalue weighted by atomic mass is 10.1. The molecular weight excluding hydrogens is 310 g/mol. The lowest BCUT2D eigenvalue weighted by molar-refractivity contribution is -0.980. The fraction of sp³-hybridized carbons (Fsp3) is 0.158. The van der Waals surface area contributed by atoms with Gasteiger partial charge in [-0.15, -0.1) is 0 Å². The van der Waals surface area contributed by atoms with Crippen LogP contribution in [0.2, 0.25) is 5.02 Å². The first-order valence-corrected chi connectivity index (χ1v) is 8.04. The highest BCUT2D eigenvalue weighted by Crippen LogP contribution is 2.27. The zero-order valence-electron chi connectivity index (χ0n) is 12.5. The number of fused-ring (bicyclic) bond motifs is 1. The molecule has 2 aromatic carbocycles. The third-order valence-electron chi connectivity index (χ3n) is 4.16. The van der Waals surface area contributed by atoms with Gasteiger partial charge in [0.1, 0.15) is 18.8 Å². The summed E-state index contributed by atoms with van der Waals surface area (Å²) in [6, 6.07) is 20.0. The molecule has 1 aliphatic rings. The van der Waals surface area contributed by atoms with Gasteiger partial charge in [0.05, 0.1) is 11.8 Å². The van der Waals surface area contributed by atoms with E-state index in [1.807, 2.05) is 48.5 Å². The molecule has 2 atom stereocenters. The maximum Gasteiger partial charge on any atom is 0.259 e. The Balaban J connectivity index is 1.69. The van der Waals surface area contributed by atoms with Gasteiger partial charge >= 0.3 is 0 Å². The van der Waals surface area contributed by atoms with Crippen molar-refractivity contribution >= 4 is 11.6 Å². The number of benzene rings is 2. The molecule has 23 heavy (non-hydrogen) atoms. The quantitative estimate of drug-likeness (QED) is 0.796. The van der Waals surface area contributed by atoms with Crippen LogP contribution in [-0.4, -0.2) is 0 Å². The van der Waals surface area contributed by atoms with Crippen LogP contribution >= 0.6 is 11.6 Å². The van der Waals surface area contributed by atoms with E-state index in [2.05, 4.69) is 12.1 Å². The third kappa shape index (κ3) is 2.98. The van der Waals surface area contributed by atoms with Crippen molar-refractivity contribution < 1.29 is 14.1 Å². The van der Waals surface area contributed by atoms with Crippen LogP contribution < -0.4 is 9.64 Å². The number of para-hydroxylation sites is 1. The second kappa shape index (κ2) is 6.11. The molecule has 1 aromatic heterocycles. The van der Waals surface area contributed by atoms with E-state index in [1.165, 1.54) is 10.5 Å². The van der Waals surface area contributed by atoms with Gasteiger partial charge in [0, 0.05) is 10.6 Å². The van der Waals surface area contributed by atoms with Gasteiger partial charge in [0.15, 0.2) is 5.76 Å². The van der Waals surface area contributed by atoms with Crippen molar-refractivity contribution in [3.8, 4) is 5.75 Å². The number of quaternary nitrogens is 1. The van der Waals surface area contributed by atoms with Crippen molar-refractivity contribution in [2.24, 2.45) is 0 Å². The predicted octanol–water partition coefficient (Wildman–Crippen LogP) is 3.61. The Hall–Kier alpha value is -2.23. The highest BCUT2D eigenvalue weighted by atomic mass is 35.5. The van der Waals surface area contributed by atoms with Crippen LogP contribution in [-0.2, 0) is 13.1 Å². The third-order valence-corrected chi connectivity index (χ3v) is 4.41. The van der Waals surface area contributed by atoms with Gasteiger partial charge in [-0.3, -0.25) is 4.90 Å². The summed E-state index contributed by atoms with van der Waals surface area (Å²) in [5.74, 6) is 1.91. The van der Waals surface area contributed by atoms with Crippen molar-refractivity contribution in [2.75, 3.05) is 0 Å². The molecule has 3 aromatic rings. The summed E-state index contributed by atoms with van der Waals surface area (Å²) in [6.45, 7) is 1.67. The molecule has 1 aliphatic heterocycles. The summed E-state index contributed by atoms with van der Waals surface area (Å²) in [4.78, 5) is 1.29. The average Bonchev–Trinajstić information content (AvgIpc) is 3.08. The van der Waals surface area contributed by atoms with Crippen molar-refractivity contribution in [2.45, 2.75) is 19.3 Å². The highest BCUT2D eigenvalue weighted by molar-refractivity contribution is 6.30. The van der Waals surface area contributed by atoms with Crippen molar-refractivity contribution in [1.29, 1.82) is 0 Å². The maximum atomic E-state index is 6.30. The number of hydrogen-bond acceptors (Lipinski definition) is 2. The number of ether oxygens (including phenoxy) is 1. The van der Waals surface area contributed by atoms with E-state index in [-0.39, 0.29) is 6.23 Å².